The van der Waals surface area contributed by atoms with Gasteiger partial charge in [-0.15, -0.1) is 0 Å². The monoisotopic (exact) mass is 328 g/mol. The molecule has 2 rings (SSSR count). The second-order valence-electron chi connectivity index (χ2n) is 5.46. The minimum Gasteiger partial charge on any atom is -0.362 e. The van der Waals surface area contributed by atoms with Crippen LogP contribution in [0.4, 0.5) is 0 Å². The molecule has 1 heterocycles. The minimum atomic E-state index is -0.490. The summed E-state index contributed by atoms with van der Waals surface area (Å²) in [5.74, 6) is -0.490. The van der Waals surface area contributed by atoms with E-state index in [1.165, 1.54) is 5.56 Å². The average molecular weight is 329 g/mol. The highest BCUT2D eigenvalue weighted by molar-refractivity contribution is 7.80. The summed E-state index contributed by atoms with van der Waals surface area (Å²) in [5.41, 5.74) is 1.23. The number of halogens is 1. The SMILES string of the molecule is CC1(C)OCC(CNC(=S)NCCc2ccc(Cl)cc2)O1. The lowest BCUT2D eigenvalue weighted by molar-refractivity contribution is -0.137. The van der Waals surface area contributed by atoms with Gasteiger partial charge in [0.15, 0.2) is 10.9 Å². The fourth-order valence-electron chi connectivity index (χ4n) is 2.10. The van der Waals surface area contributed by atoms with Gasteiger partial charge in [0, 0.05) is 18.1 Å². The van der Waals surface area contributed by atoms with Gasteiger partial charge in [0.2, 0.25) is 0 Å². The first kappa shape index (κ1) is 16.5. The predicted molar refractivity (Wildman–Crippen MR) is 88.7 cm³/mol. The van der Waals surface area contributed by atoms with Crippen molar-refractivity contribution in [1.82, 2.24) is 10.6 Å². The molecule has 1 atom stereocenters. The van der Waals surface area contributed by atoms with E-state index < -0.39 is 5.79 Å². The van der Waals surface area contributed by atoms with Crippen LogP contribution in [0.15, 0.2) is 24.3 Å². The van der Waals surface area contributed by atoms with Gasteiger partial charge in [-0.1, -0.05) is 23.7 Å². The first-order valence-corrected chi connectivity index (χ1v) is 7.81. The van der Waals surface area contributed by atoms with Crippen molar-refractivity contribution in [2.75, 3.05) is 19.7 Å². The van der Waals surface area contributed by atoms with E-state index in [1.54, 1.807) is 0 Å². The van der Waals surface area contributed by atoms with Crippen LogP contribution in [0.1, 0.15) is 19.4 Å². The number of thiocarbonyl (C=S) groups is 1. The molecule has 4 nitrogen and oxygen atoms in total. The maximum atomic E-state index is 5.85. The Kier molecular flexibility index (Phi) is 5.81. The van der Waals surface area contributed by atoms with Crippen molar-refractivity contribution in [3.8, 4) is 0 Å². The standard InChI is InChI=1S/C15H21ClN2O2S/c1-15(2)19-10-13(20-15)9-18-14(21)17-8-7-11-3-5-12(16)6-4-11/h3-6,13H,7-10H2,1-2H3,(H2,17,18,21). The molecule has 0 bridgehead atoms. The summed E-state index contributed by atoms with van der Waals surface area (Å²) < 4.78 is 11.2. The Morgan fingerprint density at radius 1 is 1.33 bits per heavy atom. The third-order valence-corrected chi connectivity index (χ3v) is 3.71. The molecule has 1 aliphatic heterocycles. The minimum absolute atomic E-state index is 0.0380. The highest BCUT2D eigenvalue weighted by Crippen LogP contribution is 2.21. The van der Waals surface area contributed by atoms with Crippen LogP contribution in [0.25, 0.3) is 0 Å². The fraction of sp³-hybridized carbons (Fsp3) is 0.533. The van der Waals surface area contributed by atoms with Gasteiger partial charge in [-0.3, -0.25) is 0 Å². The van der Waals surface area contributed by atoms with Gasteiger partial charge in [-0.2, -0.15) is 0 Å². The molecule has 1 fully saturated rings. The van der Waals surface area contributed by atoms with Crippen molar-refractivity contribution < 1.29 is 9.47 Å². The van der Waals surface area contributed by atoms with E-state index in [9.17, 15) is 0 Å². The molecule has 0 aromatic heterocycles. The lowest BCUT2D eigenvalue weighted by Gasteiger charge is -2.18. The van der Waals surface area contributed by atoms with Gasteiger partial charge in [0.1, 0.15) is 6.10 Å². The van der Waals surface area contributed by atoms with Crippen molar-refractivity contribution in [2.45, 2.75) is 32.2 Å². The largest absolute Gasteiger partial charge is 0.362 e. The fourth-order valence-corrected chi connectivity index (χ4v) is 2.42. The van der Waals surface area contributed by atoms with E-state index in [1.807, 2.05) is 38.1 Å². The molecule has 0 radical (unpaired) electrons. The quantitative estimate of drug-likeness (QED) is 0.813. The molecule has 1 unspecified atom stereocenters. The van der Waals surface area contributed by atoms with Crippen molar-refractivity contribution in [3.63, 3.8) is 0 Å². The molecule has 1 aromatic carbocycles. The van der Waals surface area contributed by atoms with Gasteiger partial charge >= 0.3 is 0 Å². The summed E-state index contributed by atoms with van der Waals surface area (Å²) in [6.45, 7) is 5.84. The Morgan fingerprint density at radius 3 is 2.67 bits per heavy atom. The van der Waals surface area contributed by atoms with Crippen molar-refractivity contribution in [2.24, 2.45) is 0 Å². The summed E-state index contributed by atoms with van der Waals surface area (Å²) in [6, 6.07) is 7.83. The van der Waals surface area contributed by atoms with Crippen LogP contribution in [0.5, 0.6) is 0 Å². The third kappa shape index (κ3) is 5.79. The topological polar surface area (TPSA) is 42.5 Å². The number of nitrogens with one attached hydrogen (secondary N) is 2. The van der Waals surface area contributed by atoms with Crippen LogP contribution in [0.3, 0.4) is 0 Å². The number of ether oxygens (including phenoxy) is 2. The zero-order valence-electron chi connectivity index (χ0n) is 12.3. The maximum Gasteiger partial charge on any atom is 0.166 e. The molecule has 1 aliphatic rings. The van der Waals surface area contributed by atoms with E-state index >= 15 is 0 Å². The van der Waals surface area contributed by atoms with Gasteiger partial charge < -0.3 is 20.1 Å². The van der Waals surface area contributed by atoms with Crippen LogP contribution in [-0.4, -0.2) is 36.7 Å². The van der Waals surface area contributed by atoms with Gasteiger partial charge in [0.05, 0.1) is 6.61 Å². The van der Waals surface area contributed by atoms with Gasteiger partial charge in [-0.25, -0.2) is 0 Å². The van der Waals surface area contributed by atoms with Crippen LogP contribution in [0.2, 0.25) is 5.02 Å². The lowest BCUT2D eigenvalue weighted by atomic mass is 10.1. The Hall–Kier alpha value is -0.880. The molecule has 21 heavy (non-hydrogen) atoms. The summed E-state index contributed by atoms with van der Waals surface area (Å²) in [6.07, 6.45) is 0.936. The van der Waals surface area contributed by atoms with E-state index in [4.69, 9.17) is 33.3 Å². The van der Waals surface area contributed by atoms with E-state index in [0.29, 0.717) is 18.3 Å². The molecule has 6 heteroatoms. The summed E-state index contributed by atoms with van der Waals surface area (Å²) >= 11 is 11.1. The molecule has 1 aromatic rings. The highest BCUT2D eigenvalue weighted by Gasteiger charge is 2.32. The van der Waals surface area contributed by atoms with Crippen LogP contribution < -0.4 is 10.6 Å². The summed E-state index contributed by atoms with van der Waals surface area (Å²) in [4.78, 5) is 0. The van der Waals surface area contributed by atoms with Crippen molar-refractivity contribution >= 4 is 28.9 Å². The molecule has 0 saturated carbocycles. The molecule has 0 amide bonds. The van der Waals surface area contributed by atoms with Crippen LogP contribution >= 0.6 is 23.8 Å². The van der Waals surface area contributed by atoms with E-state index in [-0.39, 0.29) is 6.10 Å². The zero-order valence-corrected chi connectivity index (χ0v) is 13.9. The number of hydrogen-bond acceptors (Lipinski definition) is 3. The molecule has 2 N–H and O–H groups in total. The Labute approximate surface area is 136 Å². The normalized spacial score (nSPS) is 20.2. The zero-order chi connectivity index (χ0) is 15.3. The second kappa shape index (κ2) is 7.40. The van der Waals surface area contributed by atoms with Crippen molar-refractivity contribution in [1.29, 1.82) is 0 Å². The number of rotatable bonds is 5. The molecule has 0 aliphatic carbocycles. The average Bonchev–Trinajstić information content (AvgIpc) is 2.78. The molecular formula is C15H21ClN2O2S. The number of hydrogen-bond donors (Lipinski definition) is 2. The molecule has 0 spiro atoms. The lowest BCUT2D eigenvalue weighted by Crippen LogP contribution is -2.41. The predicted octanol–water partition coefficient (Wildman–Crippen LogP) is 2.50. The second-order valence-corrected chi connectivity index (χ2v) is 6.31. The van der Waals surface area contributed by atoms with Gasteiger partial charge in [-0.05, 0) is 50.2 Å². The third-order valence-electron chi connectivity index (χ3n) is 3.17. The van der Waals surface area contributed by atoms with Crippen LogP contribution in [-0.2, 0) is 15.9 Å². The molecule has 116 valence electrons. The summed E-state index contributed by atoms with van der Waals surface area (Å²) in [7, 11) is 0. The molecular weight excluding hydrogens is 308 g/mol. The number of benzene rings is 1. The first-order valence-electron chi connectivity index (χ1n) is 7.02. The van der Waals surface area contributed by atoms with Gasteiger partial charge in [0.25, 0.3) is 0 Å². The highest BCUT2D eigenvalue weighted by atomic mass is 35.5. The smallest absolute Gasteiger partial charge is 0.166 e. The Morgan fingerprint density at radius 2 is 2.05 bits per heavy atom. The van der Waals surface area contributed by atoms with E-state index in [0.717, 1.165) is 18.0 Å². The summed E-state index contributed by atoms with van der Waals surface area (Å²) in [5, 5.41) is 7.72. The Balaban J connectivity index is 1.61. The van der Waals surface area contributed by atoms with Crippen molar-refractivity contribution in [3.05, 3.63) is 34.9 Å². The maximum absolute atomic E-state index is 5.85. The Bertz CT molecular complexity index is 479. The first-order chi connectivity index (χ1) is 9.94. The van der Waals surface area contributed by atoms with E-state index in [2.05, 4.69) is 10.6 Å². The molecule has 1 saturated heterocycles. The van der Waals surface area contributed by atoms with Crippen LogP contribution in [0, 0.1) is 0 Å².